The Morgan fingerprint density at radius 3 is 2.86 bits per heavy atom. The number of hydrogen-bond acceptors (Lipinski definition) is 4. The number of pyridine rings is 1. The molecule has 1 saturated carbocycles. The Balaban J connectivity index is 1.78. The van der Waals surface area contributed by atoms with Gasteiger partial charge in [0.05, 0.1) is 29.5 Å². The summed E-state index contributed by atoms with van der Waals surface area (Å²) in [5.41, 5.74) is 2.36. The van der Waals surface area contributed by atoms with Crippen molar-refractivity contribution >= 4 is 22.9 Å². The van der Waals surface area contributed by atoms with Gasteiger partial charge >= 0.3 is 5.97 Å². The molecular weight excluding hydrogens is 266 g/mol. The van der Waals surface area contributed by atoms with Crippen molar-refractivity contribution in [2.24, 2.45) is 5.92 Å². The van der Waals surface area contributed by atoms with Crippen LogP contribution in [-0.4, -0.2) is 16.1 Å². The summed E-state index contributed by atoms with van der Waals surface area (Å²) in [5, 5.41) is 10.6. The fraction of sp³-hybridized carbons (Fsp3) is 0.294. The average Bonchev–Trinajstić information content (AvgIpc) is 3.31. The summed E-state index contributed by atoms with van der Waals surface area (Å²) >= 11 is 0. The van der Waals surface area contributed by atoms with Gasteiger partial charge in [-0.1, -0.05) is 18.2 Å². The lowest BCUT2D eigenvalue weighted by Gasteiger charge is -2.05. The smallest absolute Gasteiger partial charge is 0.313 e. The number of rotatable bonds is 4. The van der Waals surface area contributed by atoms with Crippen molar-refractivity contribution in [3.8, 4) is 0 Å². The minimum atomic E-state index is -0.590. The van der Waals surface area contributed by atoms with Crippen LogP contribution in [-0.2, 0) is 9.53 Å². The fourth-order valence-electron chi connectivity index (χ4n) is 2.08. The molecule has 1 fully saturated rings. The topological polar surface area (TPSA) is 59.4 Å². The van der Waals surface area contributed by atoms with Crippen molar-refractivity contribution in [1.29, 1.82) is 0 Å². The van der Waals surface area contributed by atoms with E-state index in [4.69, 9.17) is 4.74 Å². The highest BCUT2D eigenvalue weighted by atomic mass is 16.5. The summed E-state index contributed by atoms with van der Waals surface area (Å²) in [4.78, 5) is 15.8. The fourth-order valence-corrected chi connectivity index (χ4v) is 2.08. The van der Waals surface area contributed by atoms with Gasteiger partial charge in [0.2, 0.25) is 0 Å². The van der Waals surface area contributed by atoms with E-state index in [1.807, 2.05) is 30.3 Å². The highest BCUT2D eigenvalue weighted by Gasteiger charge is 2.30. The number of esters is 1. The summed E-state index contributed by atoms with van der Waals surface area (Å²) in [6, 6.07) is 9.55. The second kappa shape index (κ2) is 5.66. The number of hydrogen-bond donors (Lipinski definition) is 1. The zero-order valence-electron chi connectivity index (χ0n) is 11.8. The van der Waals surface area contributed by atoms with Gasteiger partial charge in [0, 0.05) is 5.39 Å². The molecule has 1 aliphatic carbocycles. The number of carbonyl (C=O) groups is 1. The van der Waals surface area contributed by atoms with Gasteiger partial charge in [-0.3, -0.25) is 9.78 Å². The van der Waals surface area contributed by atoms with E-state index in [2.05, 4.69) is 4.98 Å². The second-order valence-corrected chi connectivity index (χ2v) is 5.38. The zero-order valence-corrected chi connectivity index (χ0v) is 11.8. The molecule has 0 saturated heterocycles. The van der Waals surface area contributed by atoms with E-state index < -0.39 is 6.10 Å². The summed E-state index contributed by atoms with van der Waals surface area (Å²) in [6.07, 6.45) is 4.47. The van der Waals surface area contributed by atoms with Crippen molar-refractivity contribution in [2.75, 3.05) is 0 Å². The molecule has 1 unspecified atom stereocenters. The van der Waals surface area contributed by atoms with Crippen LogP contribution in [0, 0.1) is 5.92 Å². The average molecular weight is 283 g/mol. The van der Waals surface area contributed by atoms with Gasteiger partial charge in [0.1, 0.15) is 0 Å². The molecule has 4 nitrogen and oxygen atoms in total. The second-order valence-electron chi connectivity index (χ2n) is 5.38. The maximum Gasteiger partial charge on any atom is 0.313 e. The van der Waals surface area contributed by atoms with Gasteiger partial charge < -0.3 is 9.84 Å². The lowest BCUT2D eigenvalue weighted by Crippen LogP contribution is -2.00. The number of carbonyl (C=O) groups excluding carboxylic acids is 1. The van der Waals surface area contributed by atoms with E-state index in [1.54, 1.807) is 13.0 Å². The number of aliphatic hydroxyl groups is 1. The molecule has 108 valence electrons. The molecule has 0 bridgehead atoms. The third kappa shape index (κ3) is 3.28. The molecule has 0 amide bonds. The van der Waals surface area contributed by atoms with Crippen LogP contribution < -0.4 is 0 Å². The van der Waals surface area contributed by atoms with Crippen LogP contribution in [0.3, 0.4) is 0 Å². The highest BCUT2D eigenvalue weighted by molar-refractivity contribution is 5.81. The van der Waals surface area contributed by atoms with E-state index in [9.17, 15) is 9.90 Å². The summed E-state index contributed by atoms with van der Waals surface area (Å²) < 4.78 is 5.06. The van der Waals surface area contributed by atoms with Gasteiger partial charge in [-0.15, -0.1) is 0 Å². The number of aromatic nitrogens is 1. The minimum Gasteiger partial charge on any atom is -0.434 e. The Bertz CT molecular complexity index is 702. The van der Waals surface area contributed by atoms with Crippen molar-refractivity contribution in [3.05, 3.63) is 47.9 Å². The quantitative estimate of drug-likeness (QED) is 0.691. The molecule has 2 aromatic rings. The maximum absolute atomic E-state index is 11.4. The Kier molecular flexibility index (Phi) is 3.71. The van der Waals surface area contributed by atoms with E-state index >= 15 is 0 Å². The van der Waals surface area contributed by atoms with Crippen molar-refractivity contribution in [2.45, 2.75) is 25.9 Å². The summed E-state index contributed by atoms with van der Waals surface area (Å²) in [5.74, 6) is -0.0527. The van der Waals surface area contributed by atoms with E-state index in [0.29, 0.717) is 5.69 Å². The maximum atomic E-state index is 11.4. The van der Waals surface area contributed by atoms with Crippen LogP contribution in [0.25, 0.3) is 17.0 Å². The first-order valence-electron chi connectivity index (χ1n) is 7.09. The van der Waals surface area contributed by atoms with E-state index in [0.717, 1.165) is 29.3 Å². The first kappa shape index (κ1) is 13.8. The van der Waals surface area contributed by atoms with E-state index in [1.165, 1.54) is 6.26 Å². The molecule has 0 aliphatic heterocycles. The number of nitrogens with zero attached hydrogens (tertiary/aromatic N) is 1. The summed E-state index contributed by atoms with van der Waals surface area (Å²) in [6.45, 7) is 1.69. The molecular formula is C17H17NO3. The van der Waals surface area contributed by atoms with E-state index in [-0.39, 0.29) is 11.9 Å². The van der Waals surface area contributed by atoms with Gasteiger partial charge in [-0.25, -0.2) is 0 Å². The van der Waals surface area contributed by atoms with Gasteiger partial charge in [-0.2, -0.15) is 0 Å². The molecule has 1 aromatic heterocycles. The Hall–Kier alpha value is -2.20. The number of fused-ring (bicyclic) bond motifs is 1. The molecule has 4 heteroatoms. The van der Waals surface area contributed by atoms with Crippen LogP contribution in [0.15, 0.2) is 36.6 Å². The Morgan fingerprint density at radius 1 is 1.38 bits per heavy atom. The molecule has 0 radical (unpaired) electrons. The van der Waals surface area contributed by atoms with Crippen LogP contribution in [0.1, 0.15) is 37.1 Å². The highest BCUT2D eigenvalue weighted by Crippen LogP contribution is 2.30. The minimum absolute atomic E-state index is 0.0986. The third-order valence-corrected chi connectivity index (χ3v) is 3.52. The Morgan fingerprint density at radius 2 is 2.14 bits per heavy atom. The van der Waals surface area contributed by atoms with Crippen molar-refractivity contribution < 1.29 is 14.6 Å². The lowest BCUT2D eigenvalue weighted by atomic mass is 10.1. The first-order valence-corrected chi connectivity index (χ1v) is 7.09. The number of aliphatic hydroxyl groups excluding tert-OH is 1. The largest absolute Gasteiger partial charge is 0.434 e. The molecule has 3 rings (SSSR count). The van der Waals surface area contributed by atoms with Crippen LogP contribution >= 0.6 is 0 Å². The van der Waals surface area contributed by atoms with Crippen molar-refractivity contribution in [3.63, 3.8) is 0 Å². The third-order valence-electron chi connectivity index (χ3n) is 3.52. The molecule has 1 aromatic carbocycles. The van der Waals surface area contributed by atoms with Crippen LogP contribution in [0.2, 0.25) is 0 Å². The normalized spacial score (nSPS) is 16.3. The van der Waals surface area contributed by atoms with Crippen molar-refractivity contribution in [1.82, 2.24) is 4.98 Å². The summed E-state index contributed by atoms with van der Waals surface area (Å²) in [7, 11) is 0. The number of benzene rings is 1. The molecule has 21 heavy (non-hydrogen) atoms. The monoisotopic (exact) mass is 283 g/mol. The molecule has 1 aliphatic rings. The molecule has 1 heterocycles. The first-order chi connectivity index (χ1) is 10.1. The van der Waals surface area contributed by atoms with Crippen LogP contribution in [0.5, 0.6) is 0 Å². The Labute approximate surface area is 123 Å². The molecule has 1 N–H and O–H groups in total. The molecule has 0 spiro atoms. The zero-order chi connectivity index (χ0) is 14.8. The van der Waals surface area contributed by atoms with Gasteiger partial charge in [0.15, 0.2) is 0 Å². The molecule has 1 atom stereocenters. The predicted molar refractivity (Wildman–Crippen MR) is 80.2 cm³/mol. The predicted octanol–water partition coefficient (Wildman–Crippen LogP) is 3.21. The standard InChI is InChI=1S/C17H17NO3/c1-11(19)15-7-6-13-3-2-12(10-16(13)18-15)8-9-21-17(20)14-4-5-14/h2-3,6-11,14,19H,4-5H2,1H3. The lowest BCUT2D eigenvalue weighted by molar-refractivity contribution is -0.139. The SMILES string of the molecule is CC(O)c1ccc2ccc(C=COC(=O)C3CC3)cc2n1. The van der Waals surface area contributed by atoms with Gasteiger partial charge in [0.25, 0.3) is 0 Å². The number of ether oxygens (including phenoxy) is 1. The van der Waals surface area contributed by atoms with Crippen LogP contribution in [0.4, 0.5) is 0 Å². The van der Waals surface area contributed by atoms with Gasteiger partial charge in [-0.05, 0) is 43.5 Å².